The second-order valence-corrected chi connectivity index (χ2v) is 12.1. The Bertz CT molecular complexity index is 1230. The molecule has 2 aromatic carbocycles. The maximum Gasteiger partial charge on any atom is 0.253 e. The summed E-state index contributed by atoms with van der Waals surface area (Å²) in [6, 6.07) is 11.9. The number of aryl methyl sites for hydroxylation is 2. The highest BCUT2D eigenvalue weighted by molar-refractivity contribution is 7.92. The second kappa shape index (κ2) is 8.49. The van der Waals surface area contributed by atoms with Gasteiger partial charge in [-0.3, -0.25) is 9.10 Å². The van der Waals surface area contributed by atoms with E-state index in [1.54, 1.807) is 47.4 Å². The Balaban J connectivity index is 1.46. The Hall–Kier alpha value is -2.43. The molecule has 0 saturated carbocycles. The van der Waals surface area contributed by atoms with E-state index in [0.29, 0.717) is 43.7 Å². The predicted octanol–water partition coefficient (Wildman–Crippen LogP) is 1.85. The maximum atomic E-state index is 13.1. The maximum absolute atomic E-state index is 13.1. The monoisotopic (exact) mass is 477 g/mol. The van der Waals surface area contributed by atoms with Crippen LogP contribution in [0.3, 0.4) is 0 Å². The van der Waals surface area contributed by atoms with Crippen molar-refractivity contribution in [2.75, 3.05) is 43.3 Å². The van der Waals surface area contributed by atoms with Crippen molar-refractivity contribution in [3.05, 3.63) is 59.2 Å². The Morgan fingerprint density at radius 2 is 1.53 bits per heavy atom. The zero-order chi connectivity index (χ0) is 23.1. The molecule has 0 unspecified atom stereocenters. The van der Waals surface area contributed by atoms with E-state index in [-0.39, 0.29) is 23.9 Å². The zero-order valence-corrected chi connectivity index (χ0v) is 19.8. The second-order valence-electron chi connectivity index (χ2n) is 8.29. The number of sulfonamides is 2. The van der Waals surface area contributed by atoms with Crippen LogP contribution in [0.15, 0.2) is 47.4 Å². The van der Waals surface area contributed by atoms with Crippen LogP contribution < -0.4 is 4.31 Å². The molecular formula is C22H27N3O5S2. The van der Waals surface area contributed by atoms with Crippen LogP contribution in [-0.4, -0.2) is 70.9 Å². The van der Waals surface area contributed by atoms with E-state index in [9.17, 15) is 21.6 Å². The van der Waals surface area contributed by atoms with Gasteiger partial charge in [0, 0.05) is 38.3 Å². The van der Waals surface area contributed by atoms with Crippen molar-refractivity contribution in [3.63, 3.8) is 0 Å². The van der Waals surface area contributed by atoms with Crippen molar-refractivity contribution in [2.24, 2.45) is 0 Å². The lowest BCUT2D eigenvalue weighted by atomic mass is 10.00. The normalized spacial score (nSPS) is 17.8. The molecule has 2 aromatic rings. The van der Waals surface area contributed by atoms with Gasteiger partial charge in [-0.25, -0.2) is 16.8 Å². The molecule has 172 valence electrons. The van der Waals surface area contributed by atoms with Gasteiger partial charge >= 0.3 is 0 Å². The van der Waals surface area contributed by atoms with E-state index >= 15 is 0 Å². The van der Waals surface area contributed by atoms with Crippen LogP contribution in [0.4, 0.5) is 5.69 Å². The average Bonchev–Trinajstić information content (AvgIpc) is 2.77. The lowest BCUT2D eigenvalue weighted by molar-refractivity contribution is 0.0698. The highest BCUT2D eigenvalue weighted by atomic mass is 32.2. The van der Waals surface area contributed by atoms with Crippen molar-refractivity contribution in [2.45, 2.75) is 24.7 Å². The molecule has 1 amide bonds. The molecule has 0 aromatic heterocycles. The number of nitrogens with zero attached hydrogens (tertiary/aromatic N) is 3. The van der Waals surface area contributed by atoms with Gasteiger partial charge in [-0.05, 0) is 55.7 Å². The van der Waals surface area contributed by atoms with Crippen molar-refractivity contribution in [1.29, 1.82) is 0 Å². The number of benzene rings is 2. The minimum Gasteiger partial charge on any atom is -0.336 e. The lowest BCUT2D eigenvalue weighted by Gasteiger charge is -2.34. The van der Waals surface area contributed by atoms with Gasteiger partial charge < -0.3 is 4.90 Å². The standard InChI is InChI=1S/C22H27N3O5S2/c1-17-5-8-20(9-6-17)32(29,30)24-14-12-23(13-15-24)22(26)19-7-10-21-18(16-19)4-3-11-25(21)31(2,27)28/h5-10,16H,3-4,11-15H2,1-2H3. The number of anilines is 1. The third-order valence-electron chi connectivity index (χ3n) is 5.99. The van der Waals surface area contributed by atoms with Crippen LogP contribution >= 0.6 is 0 Å². The van der Waals surface area contributed by atoms with Crippen LogP contribution in [0.5, 0.6) is 0 Å². The number of fused-ring (bicyclic) bond motifs is 1. The number of amides is 1. The highest BCUT2D eigenvalue weighted by Crippen LogP contribution is 2.30. The van der Waals surface area contributed by atoms with Gasteiger partial charge in [0.25, 0.3) is 5.91 Å². The van der Waals surface area contributed by atoms with Crippen molar-refractivity contribution in [3.8, 4) is 0 Å². The Morgan fingerprint density at radius 1 is 0.875 bits per heavy atom. The third-order valence-corrected chi connectivity index (χ3v) is 9.08. The van der Waals surface area contributed by atoms with Gasteiger partial charge in [0.2, 0.25) is 20.0 Å². The van der Waals surface area contributed by atoms with E-state index in [1.165, 1.54) is 14.9 Å². The molecule has 32 heavy (non-hydrogen) atoms. The summed E-state index contributed by atoms with van der Waals surface area (Å²) in [7, 11) is -6.95. The smallest absolute Gasteiger partial charge is 0.253 e. The summed E-state index contributed by atoms with van der Waals surface area (Å²) in [5.74, 6) is -0.170. The van der Waals surface area contributed by atoms with Crippen LogP contribution in [-0.2, 0) is 26.5 Å². The van der Waals surface area contributed by atoms with Gasteiger partial charge in [-0.1, -0.05) is 17.7 Å². The molecule has 2 heterocycles. The largest absolute Gasteiger partial charge is 0.336 e. The van der Waals surface area contributed by atoms with Crippen molar-refractivity contribution >= 4 is 31.6 Å². The quantitative estimate of drug-likeness (QED) is 0.670. The van der Waals surface area contributed by atoms with Crippen molar-refractivity contribution in [1.82, 2.24) is 9.21 Å². The topological polar surface area (TPSA) is 95.1 Å². The molecule has 0 spiro atoms. The van der Waals surface area contributed by atoms with Gasteiger partial charge in [0.15, 0.2) is 0 Å². The number of carbonyl (C=O) groups excluding carboxylic acids is 1. The Kier molecular flexibility index (Phi) is 6.04. The number of carbonyl (C=O) groups is 1. The van der Waals surface area contributed by atoms with Crippen LogP contribution in [0.2, 0.25) is 0 Å². The van der Waals surface area contributed by atoms with Crippen molar-refractivity contribution < 1.29 is 21.6 Å². The third kappa shape index (κ3) is 4.39. The number of piperazine rings is 1. The SMILES string of the molecule is Cc1ccc(S(=O)(=O)N2CCN(C(=O)c3ccc4c(c3)CCCN4S(C)(=O)=O)CC2)cc1. The summed E-state index contributed by atoms with van der Waals surface area (Å²) in [5.41, 5.74) is 2.95. The molecule has 0 N–H and O–H groups in total. The van der Waals surface area contributed by atoms with Gasteiger partial charge in [0.1, 0.15) is 0 Å². The molecule has 8 nitrogen and oxygen atoms in total. The van der Waals surface area contributed by atoms with E-state index in [4.69, 9.17) is 0 Å². The molecule has 2 aliphatic heterocycles. The molecule has 0 aliphatic carbocycles. The molecule has 2 aliphatic rings. The molecule has 10 heteroatoms. The predicted molar refractivity (Wildman–Crippen MR) is 123 cm³/mol. The summed E-state index contributed by atoms with van der Waals surface area (Å²) >= 11 is 0. The molecule has 1 fully saturated rings. The molecular weight excluding hydrogens is 450 g/mol. The first-order valence-electron chi connectivity index (χ1n) is 10.5. The fourth-order valence-electron chi connectivity index (χ4n) is 4.21. The Labute approximate surface area is 189 Å². The average molecular weight is 478 g/mol. The van der Waals surface area contributed by atoms with Gasteiger partial charge in [0.05, 0.1) is 16.8 Å². The molecule has 0 radical (unpaired) electrons. The molecule has 1 saturated heterocycles. The van der Waals surface area contributed by atoms with E-state index < -0.39 is 20.0 Å². The molecule has 0 atom stereocenters. The highest BCUT2D eigenvalue weighted by Gasteiger charge is 2.31. The summed E-state index contributed by atoms with van der Waals surface area (Å²) in [6.07, 6.45) is 2.60. The van der Waals surface area contributed by atoms with Crippen LogP contribution in [0, 0.1) is 6.92 Å². The first-order chi connectivity index (χ1) is 15.1. The fraction of sp³-hybridized carbons (Fsp3) is 0.409. The summed E-state index contributed by atoms with van der Waals surface area (Å²) in [6.45, 7) is 3.41. The fourth-order valence-corrected chi connectivity index (χ4v) is 6.63. The minimum absolute atomic E-state index is 0.170. The zero-order valence-electron chi connectivity index (χ0n) is 18.2. The van der Waals surface area contributed by atoms with E-state index in [2.05, 4.69) is 0 Å². The summed E-state index contributed by atoms with van der Waals surface area (Å²) < 4.78 is 52.7. The molecule has 0 bridgehead atoms. The van der Waals surface area contributed by atoms with Gasteiger partial charge in [-0.2, -0.15) is 4.31 Å². The minimum atomic E-state index is -3.59. The summed E-state index contributed by atoms with van der Waals surface area (Å²) in [4.78, 5) is 15.0. The summed E-state index contributed by atoms with van der Waals surface area (Å²) in [5, 5.41) is 0. The lowest BCUT2D eigenvalue weighted by Crippen LogP contribution is -2.50. The Morgan fingerprint density at radius 3 is 2.16 bits per heavy atom. The van der Waals surface area contributed by atoms with Crippen LogP contribution in [0.25, 0.3) is 0 Å². The van der Waals surface area contributed by atoms with Crippen LogP contribution in [0.1, 0.15) is 27.9 Å². The van der Waals surface area contributed by atoms with Gasteiger partial charge in [-0.15, -0.1) is 0 Å². The number of rotatable bonds is 4. The first-order valence-corrected chi connectivity index (χ1v) is 13.8. The molecule has 4 rings (SSSR count). The van der Waals surface area contributed by atoms with E-state index in [0.717, 1.165) is 11.1 Å². The number of hydrogen-bond donors (Lipinski definition) is 0. The number of hydrogen-bond acceptors (Lipinski definition) is 5. The first kappa shape index (κ1) is 22.8. The van der Waals surface area contributed by atoms with E-state index in [1.807, 2.05) is 6.92 Å².